The van der Waals surface area contributed by atoms with Crippen molar-refractivity contribution in [3.63, 3.8) is 0 Å². The molecule has 1 aromatic carbocycles. The average Bonchev–Trinajstić information content (AvgIpc) is 3.17. The van der Waals surface area contributed by atoms with Gasteiger partial charge in [0.05, 0.1) is 17.5 Å². The molecule has 0 radical (unpaired) electrons. The molecule has 1 aliphatic heterocycles. The van der Waals surface area contributed by atoms with E-state index < -0.39 is 0 Å². The first kappa shape index (κ1) is 21.8. The fourth-order valence-electron chi connectivity index (χ4n) is 4.22. The fraction of sp³-hybridized carbons (Fsp3) is 0.375. The van der Waals surface area contributed by atoms with E-state index in [2.05, 4.69) is 22.1 Å². The van der Waals surface area contributed by atoms with Crippen LogP contribution < -0.4 is 4.74 Å². The first-order valence-electron chi connectivity index (χ1n) is 10.4. The van der Waals surface area contributed by atoms with E-state index in [9.17, 15) is 5.11 Å². The van der Waals surface area contributed by atoms with Crippen molar-refractivity contribution in [2.45, 2.75) is 58.6 Å². The van der Waals surface area contributed by atoms with Gasteiger partial charge in [-0.15, -0.1) is 11.6 Å². The van der Waals surface area contributed by atoms with E-state index in [4.69, 9.17) is 14.5 Å². The molecule has 0 amide bonds. The zero-order chi connectivity index (χ0) is 20.8. The van der Waals surface area contributed by atoms with Crippen molar-refractivity contribution in [1.82, 2.24) is 9.97 Å². The monoisotopic (exact) mass is 597 g/mol. The molecule has 2 aromatic heterocycles. The molecule has 7 heteroatoms. The fourth-order valence-corrected chi connectivity index (χ4v) is 4.22. The molecule has 1 saturated carbocycles. The van der Waals surface area contributed by atoms with Gasteiger partial charge in [0.15, 0.2) is 5.75 Å². The Balaban J connectivity index is 0.00000231. The standard InChI is InChI=1S/C24H24N3O3.Pt/c1-13-10-14(2)20(11-17(13)24-26-18-6-4-5-7-19(18)30-24)29-21-9-8-16-12-25-15(3)23(28)22(16)27-21;/h8-10,12,18-19,28H,4-7H2,1-3H3;/q-1;/t18-,19?;/m0./s1. The topological polar surface area (TPSA) is 76.8 Å². The molecule has 1 fully saturated rings. The largest absolute Gasteiger partial charge is 0.515 e. The summed E-state index contributed by atoms with van der Waals surface area (Å²) >= 11 is 0. The molecule has 3 heterocycles. The summed E-state index contributed by atoms with van der Waals surface area (Å²) in [5.41, 5.74) is 3.85. The van der Waals surface area contributed by atoms with Crippen LogP contribution in [0, 0.1) is 26.8 Å². The maximum absolute atomic E-state index is 10.3. The van der Waals surface area contributed by atoms with E-state index in [-0.39, 0.29) is 39.0 Å². The number of aryl methyl sites for hydroxylation is 3. The van der Waals surface area contributed by atoms with Crippen LogP contribution in [0.15, 0.2) is 29.4 Å². The van der Waals surface area contributed by atoms with Gasteiger partial charge < -0.3 is 14.6 Å². The molecule has 31 heavy (non-hydrogen) atoms. The molecule has 0 bridgehead atoms. The van der Waals surface area contributed by atoms with Crippen LogP contribution in [0.5, 0.6) is 17.4 Å². The van der Waals surface area contributed by atoms with Crippen LogP contribution in [0.4, 0.5) is 0 Å². The molecular weight excluding hydrogens is 573 g/mol. The molecule has 2 atom stereocenters. The molecule has 0 saturated heterocycles. The van der Waals surface area contributed by atoms with E-state index in [1.807, 2.05) is 19.9 Å². The number of aromatic hydroxyl groups is 1. The van der Waals surface area contributed by atoms with Gasteiger partial charge in [0.1, 0.15) is 17.5 Å². The Morgan fingerprint density at radius 2 is 1.94 bits per heavy atom. The zero-order valence-corrected chi connectivity index (χ0v) is 20.0. The predicted octanol–water partition coefficient (Wildman–Crippen LogP) is 4.94. The van der Waals surface area contributed by atoms with Gasteiger partial charge in [0, 0.05) is 38.7 Å². The van der Waals surface area contributed by atoms with Crippen LogP contribution in [0.1, 0.15) is 48.1 Å². The molecule has 1 N–H and O–H groups in total. The van der Waals surface area contributed by atoms with E-state index in [0.717, 1.165) is 34.9 Å². The van der Waals surface area contributed by atoms with Gasteiger partial charge in [-0.1, -0.05) is 37.5 Å². The van der Waals surface area contributed by atoms with Crippen molar-refractivity contribution < 1.29 is 35.6 Å². The Labute approximate surface area is 196 Å². The molecule has 1 aliphatic carbocycles. The van der Waals surface area contributed by atoms with Crippen molar-refractivity contribution in [3.05, 3.63) is 52.8 Å². The smallest absolute Gasteiger partial charge is 0.217 e. The van der Waals surface area contributed by atoms with Gasteiger partial charge in [-0.25, -0.2) is 4.98 Å². The zero-order valence-electron chi connectivity index (χ0n) is 17.7. The minimum absolute atomic E-state index is 0. The summed E-state index contributed by atoms with van der Waals surface area (Å²) < 4.78 is 12.2. The molecule has 0 spiro atoms. The number of ether oxygens (including phenoxy) is 2. The molecule has 3 aromatic rings. The van der Waals surface area contributed by atoms with Gasteiger partial charge in [0.25, 0.3) is 0 Å². The van der Waals surface area contributed by atoms with Crippen molar-refractivity contribution in [1.29, 1.82) is 0 Å². The van der Waals surface area contributed by atoms with Crippen molar-refractivity contribution in [2.24, 2.45) is 4.99 Å². The quantitative estimate of drug-likeness (QED) is 0.433. The second kappa shape index (κ2) is 8.58. The number of rotatable bonds is 3. The van der Waals surface area contributed by atoms with Gasteiger partial charge in [-0.3, -0.25) is 9.98 Å². The first-order chi connectivity index (χ1) is 14.5. The SMILES string of the molecule is Cc1cc(C)c(C2=N[C@H]3CCCCC3O2)[c-]c1Oc1ccc2cnc(C)c(O)c2n1.[Pt]. The van der Waals surface area contributed by atoms with Crippen LogP contribution in [-0.4, -0.2) is 33.1 Å². The summed E-state index contributed by atoms with van der Waals surface area (Å²) in [5.74, 6) is 1.70. The van der Waals surface area contributed by atoms with Gasteiger partial charge in [-0.2, -0.15) is 0 Å². The Hall–Kier alpha value is -2.46. The normalized spacial score (nSPS) is 19.9. The predicted molar refractivity (Wildman–Crippen MR) is 114 cm³/mol. The Kier molecular flexibility index (Phi) is 6.02. The number of pyridine rings is 2. The minimum atomic E-state index is 0. The van der Waals surface area contributed by atoms with Crippen molar-refractivity contribution >= 4 is 16.8 Å². The summed E-state index contributed by atoms with van der Waals surface area (Å²) in [7, 11) is 0. The molecule has 164 valence electrons. The second-order valence-corrected chi connectivity index (χ2v) is 8.16. The molecule has 2 aliphatic rings. The van der Waals surface area contributed by atoms with E-state index in [0.29, 0.717) is 28.7 Å². The number of hydrogen-bond donors (Lipinski definition) is 1. The van der Waals surface area contributed by atoms with Crippen LogP contribution in [0.25, 0.3) is 10.9 Å². The van der Waals surface area contributed by atoms with Crippen molar-refractivity contribution in [2.75, 3.05) is 0 Å². The third kappa shape index (κ3) is 4.06. The summed E-state index contributed by atoms with van der Waals surface area (Å²) in [5, 5.41) is 11.1. The number of aromatic nitrogens is 2. The Morgan fingerprint density at radius 1 is 1.13 bits per heavy atom. The Morgan fingerprint density at radius 3 is 2.74 bits per heavy atom. The number of aliphatic imine (C=N–C) groups is 1. The minimum Gasteiger partial charge on any atom is -0.515 e. The molecule has 1 unspecified atom stereocenters. The van der Waals surface area contributed by atoms with E-state index in [1.165, 1.54) is 12.8 Å². The van der Waals surface area contributed by atoms with Crippen molar-refractivity contribution in [3.8, 4) is 17.4 Å². The third-order valence-corrected chi connectivity index (χ3v) is 5.92. The average molecular weight is 598 g/mol. The first-order valence-corrected chi connectivity index (χ1v) is 10.4. The second-order valence-electron chi connectivity index (χ2n) is 8.16. The molecule has 6 nitrogen and oxygen atoms in total. The summed E-state index contributed by atoms with van der Waals surface area (Å²) in [4.78, 5) is 13.5. The third-order valence-electron chi connectivity index (χ3n) is 5.92. The van der Waals surface area contributed by atoms with E-state index in [1.54, 1.807) is 19.2 Å². The maximum Gasteiger partial charge on any atom is 0.217 e. The number of fused-ring (bicyclic) bond motifs is 2. The Bertz CT molecular complexity index is 1180. The van der Waals surface area contributed by atoms with E-state index >= 15 is 0 Å². The summed E-state index contributed by atoms with van der Waals surface area (Å²) in [6.45, 7) is 5.76. The van der Waals surface area contributed by atoms with Crippen LogP contribution >= 0.6 is 0 Å². The van der Waals surface area contributed by atoms with Crippen LogP contribution in [0.2, 0.25) is 0 Å². The van der Waals surface area contributed by atoms with Gasteiger partial charge >= 0.3 is 0 Å². The molecular formula is C24H24N3O3Pt-. The van der Waals surface area contributed by atoms with Gasteiger partial charge in [-0.05, 0) is 32.3 Å². The maximum atomic E-state index is 10.3. The van der Waals surface area contributed by atoms with Crippen LogP contribution in [-0.2, 0) is 25.8 Å². The number of hydrogen-bond acceptors (Lipinski definition) is 6. The van der Waals surface area contributed by atoms with Gasteiger partial charge in [0.2, 0.25) is 5.88 Å². The van der Waals surface area contributed by atoms with Crippen LogP contribution in [0.3, 0.4) is 0 Å². The number of benzene rings is 1. The summed E-state index contributed by atoms with van der Waals surface area (Å²) in [6, 6.07) is 9.28. The summed E-state index contributed by atoms with van der Waals surface area (Å²) in [6.07, 6.45) is 6.43. The number of nitrogens with zero attached hydrogens (tertiary/aromatic N) is 3. The molecule has 5 rings (SSSR count).